The number of thioether (sulfide) groups is 1. The summed E-state index contributed by atoms with van der Waals surface area (Å²) in [4.78, 5) is 11.6. The van der Waals surface area contributed by atoms with Gasteiger partial charge in [0.05, 0.1) is 12.2 Å². The summed E-state index contributed by atoms with van der Waals surface area (Å²) in [7, 11) is 0. The Morgan fingerprint density at radius 3 is 2.68 bits per heavy atom. The lowest BCUT2D eigenvalue weighted by Crippen LogP contribution is -2.04. The molecule has 0 aliphatic carbocycles. The third-order valence-corrected chi connectivity index (χ3v) is 5.20. The number of carbonyl (C=O) groups is 1. The summed E-state index contributed by atoms with van der Waals surface area (Å²) in [6.45, 7) is 2.04. The molecule has 7 heteroatoms. The van der Waals surface area contributed by atoms with E-state index in [4.69, 9.17) is 4.74 Å². The third-order valence-electron chi connectivity index (χ3n) is 3.26. The van der Waals surface area contributed by atoms with Gasteiger partial charge in [-0.05, 0) is 31.2 Å². The van der Waals surface area contributed by atoms with Crippen molar-refractivity contribution in [3.8, 4) is 5.75 Å². The Bertz CT molecular complexity index is 837. The standard InChI is InChI=1S/C18H17N3O2S2/c1-13(22)15-9-5-6-10-16(15)23-11-12-24-18-21-20-17(25-18)19-14-7-3-2-4-8-14/h2-10H,11-12H2,1H3,(H,19,20). The van der Waals surface area contributed by atoms with Gasteiger partial charge >= 0.3 is 0 Å². The highest BCUT2D eigenvalue weighted by atomic mass is 32.2. The van der Waals surface area contributed by atoms with E-state index in [-0.39, 0.29) is 5.78 Å². The van der Waals surface area contributed by atoms with Gasteiger partial charge in [-0.15, -0.1) is 10.2 Å². The van der Waals surface area contributed by atoms with Gasteiger partial charge in [-0.25, -0.2) is 0 Å². The van der Waals surface area contributed by atoms with Crippen LogP contribution in [0.15, 0.2) is 58.9 Å². The van der Waals surface area contributed by atoms with E-state index in [0.717, 1.165) is 20.9 Å². The zero-order valence-corrected chi connectivity index (χ0v) is 15.3. The highest BCUT2D eigenvalue weighted by Crippen LogP contribution is 2.27. The van der Waals surface area contributed by atoms with Gasteiger partial charge in [0, 0.05) is 11.4 Å². The first-order valence-electron chi connectivity index (χ1n) is 7.73. The van der Waals surface area contributed by atoms with Crippen LogP contribution in [-0.4, -0.2) is 28.3 Å². The molecule has 0 unspecified atom stereocenters. The molecule has 0 radical (unpaired) electrons. The van der Waals surface area contributed by atoms with E-state index in [0.29, 0.717) is 17.9 Å². The monoisotopic (exact) mass is 371 g/mol. The minimum atomic E-state index is 0.00371. The molecule has 3 aromatic rings. The molecule has 0 atom stereocenters. The predicted octanol–water partition coefficient (Wildman–Crippen LogP) is 4.66. The average Bonchev–Trinajstić information content (AvgIpc) is 3.07. The van der Waals surface area contributed by atoms with Gasteiger partial charge in [0.2, 0.25) is 5.13 Å². The number of ether oxygens (including phenoxy) is 1. The van der Waals surface area contributed by atoms with Crippen molar-refractivity contribution in [1.82, 2.24) is 10.2 Å². The van der Waals surface area contributed by atoms with E-state index < -0.39 is 0 Å². The molecule has 2 aromatic carbocycles. The van der Waals surface area contributed by atoms with Crippen LogP contribution in [0.25, 0.3) is 0 Å². The van der Waals surface area contributed by atoms with Crippen molar-refractivity contribution in [2.75, 3.05) is 17.7 Å². The minimum Gasteiger partial charge on any atom is -0.492 e. The quantitative estimate of drug-likeness (QED) is 0.353. The summed E-state index contributed by atoms with van der Waals surface area (Å²) >= 11 is 3.08. The summed E-state index contributed by atoms with van der Waals surface area (Å²) in [5, 5.41) is 12.3. The molecule has 0 saturated heterocycles. The predicted molar refractivity (Wildman–Crippen MR) is 102 cm³/mol. The zero-order valence-electron chi connectivity index (χ0n) is 13.6. The number of para-hydroxylation sites is 2. The molecule has 0 saturated carbocycles. The van der Waals surface area contributed by atoms with Crippen LogP contribution in [-0.2, 0) is 0 Å². The van der Waals surface area contributed by atoms with Crippen molar-refractivity contribution in [2.24, 2.45) is 0 Å². The molecular formula is C18H17N3O2S2. The maximum absolute atomic E-state index is 11.6. The molecule has 0 spiro atoms. The SMILES string of the molecule is CC(=O)c1ccccc1OCCSc1nnc(Nc2ccccc2)s1. The lowest BCUT2D eigenvalue weighted by molar-refractivity contribution is 0.101. The van der Waals surface area contributed by atoms with Crippen LogP contribution in [0.5, 0.6) is 5.75 Å². The lowest BCUT2D eigenvalue weighted by Gasteiger charge is -2.08. The van der Waals surface area contributed by atoms with E-state index >= 15 is 0 Å². The molecule has 1 N–H and O–H groups in total. The summed E-state index contributed by atoms with van der Waals surface area (Å²) in [6.07, 6.45) is 0. The third kappa shape index (κ3) is 5.04. The first kappa shape index (κ1) is 17.4. The normalized spacial score (nSPS) is 10.4. The maximum atomic E-state index is 11.6. The van der Waals surface area contributed by atoms with Gasteiger partial charge in [-0.2, -0.15) is 0 Å². The van der Waals surface area contributed by atoms with Crippen molar-refractivity contribution in [3.63, 3.8) is 0 Å². The summed E-state index contributed by atoms with van der Waals surface area (Å²) in [6, 6.07) is 17.2. The molecule has 0 bridgehead atoms. The molecule has 25 heavy (non-hydrogen) atoms. The summed E-state index contributed by atoms with van der Waals surface area (Å²) in [5.41, 5.74) is 1.59. The Morgan fingerprint density at radius 2 is 1.88 bits per heavy atom. The van der Waals surface area contributed by atoms with Gasteiger partial charge in [-0.1, -0.05) is 53.4 Å². The van der Waals surface area contributed by atoms with Gasteiger partial charge in [0.15, 0.2) is 10.1 Å². The number of ketones is 1. The van der Waals surface area contributed by atoms with Gasteiger partial charge in [-0.3, -0.25) is 4.79 Å². The Morgan fingerprint density at radius 1 is 1.12 bits per heavy atom. The molecule has 1 heterocycles. The fourth-order valence-corrected chi connectivity index (χ4v) is 3.79. The molecule has 0 aliphatic rings. The number of nitrogens with one attached hydrogen (secondary N) is 1. The highest BCUT2D eigenvalue weighted by Gasteiger charge is 2.08. The number of anilines is 2. The molecule has 0 fully saturated rings. The largest absolute Gasteiger partial charge is 0.492 e. The zero-order chi connectivity index (χ0) is 17.5. The Hall–Kier alpha value is -2.38. The molecule has 0 aliphatic heterocycles. The fourth-order valence-electron chi connectivity index (χ4n) is 2.13. The second-order valence-corrected chi connectivity index (χ2v) is 7.43. The second-order valence-electron chi connectivity index (χ2n) is 5.11. The van der Waals surface area contributed by atoms with E-state index in [2.05, 4.69) is 15.5 Å². The van der Waals surface area contributed by atoms with Crippen molar-refractivity contribution in [1.29, 1.82) is 0 Å². The van der Waals surface area contributed by atoms with Crippen molar-refractivity contribution in [3.05, 3.63) is 60.2 Å². The van der Waals surface area contributed by atoms with Crippen LogP contribution >= 0.6 is 23.1 Å². The number of hydrogen-bond acceptors (Lipinski definition) is 7. The number of nitrogens with zero attached hydrogens (tertiary/aromatic N) is 2. The van der Waals surface area contributed by atoms with Crippen molar-refractivity contribution < 1.29 is 9.53 Å². The lowest BCUT2D eigenvalue weighted by atomic mass is 10.1. The van der Waals surface area contributed by atoms with Crippen LogP contribution in [0.1, 0.15) is 17.3 Å². The van der Waals surface area contributed by atoms with E-state index in [1.54, 1.807) is 24.8 Å². The number of carbonyl (C=O) groups excluding carboxylic acids is 1. The number of benzene rings is 2. The van der Waals surface area contributed by atoms with Gasteiger partial charge in [0.1, 0.15) is 5.75 Å². The van der Waals surface area contributed by atoms with Crippen molar-refractivity contribution >= 4 is 39.7 Å². The molecule has 128 valence electrons. The van der Waals surface area contributed by atoms with Crippen molar-refractivity contribution in [2.45, 2.75) is 11.3 Å². The summed E-state index contributed by atoms with van der Waals surface area (Å²) in [5.74, 6) is 1.36. The van der Waals surface area contributed by atoms with E-state index in [1.807, 2.05) is 48.5 Å². The molecule has 5 nitrogen and oxygen atoms in total. The van der Waals surface area contributed by atoms with Gasteiger partial charge in [0.25, 0.3) is 0 Å². The van der Waals surface area contributed by atoms with Crippen LogP contribution in [0.2, 0.25) is 0 Å². The highest BCUT2D eigenvalue weighted by molar-refractivity contribution is 8.01. The van der Waals surface area contributed by atoms with E-state index in [9.17, 15) is 4.79 Å². The maximum Gasteiger partial charge on any atom is 0.210 e. The smallest absolute Gasteiger partial charge is 0.210 e. The van der Waals surface area contributed by atoms with Gasteiger partial charge < -0.3 is 10.1 Å². The number of aromatic nitrogens is 2. The first-order valence-corrected chi connectivity index (χ1v) is 9.54. The van der Waals surface area contributed by atoms with Crippen LogP contribution in [0.4, 0.5) is 10.8 Å². The Kier molecular flexibility index (Phi) is 6.03. The number of hydrogen-bond donors (Lipinski definition) is 1. The first-order chi connectivity index (χ1) is 12.2. The van der Waals surface area contributed by atoms with Crippen LogP contribution in [0, 0.1) is 0 Å². The van der Waals surface area contributed by atoms with Crippen LogP contribution < -0.4 is 10.1 Å². The Labute approximate surface area is 154 Å². The number of Topliss-reactive ketones (excluding diaryl/α,β-unsaturated/α-hetero) is 1. The average molecular weight is 371 g/mol. The molecule has 0 amide bonds. The fraction of sp³-hybridized carbons (Fsp3) is 0.167. The number of rotatable bonds is 8. The second kappa shape index (κ2) is 8.64. The molecule has 1 aromatic heterocycles. The van der Waals surface area contributed by atoms with Crippen LogP contribution in [0.3, 0.4) is 0 Å². The minimum absolute atomic E-state index is 0.00371. The van der Waals surface area contributed by atoms with E-state index in [1.165, 1.54) is 11.3 Å². The molecular weight excluding hydrogens is 354 g/mol. The summed E-state index contributed by atoms with van der Waals surface area (Å²) < 4.78 is 6.60. The molecule has 3 rings (SSSR count). The topological polar surface area (TPSA) is 64.1 Å². The Balaban J connectivity index is 1.48.